The number of hydrogen-bond acceptors (Lipinski definition) is 3. The monoisotopic (exact) mass is 187 g/mol. The first kappa shape index (κ1) is 8.62. The van der Waals surface area contributed by atoms with E-state index in [0.717, 1.165) is 0 Å². The molecule has 2 heterocycles. The Bertz CT molecular complexity index is 408. The SMILES string of the molecule is O=C(Cn1ccnc1)c1ccncc1. The van der Waals surface area contributed by atoms with E-state index in [1.807, 2.05) is 0 Å². The minimum absolute atomic E-state index is 0.0606. The average molecular weight is 187 g/mol. The van der Waals surface area contributed by atoms with Crippen LogP contribution in [0.2, 0.25) is 0 Å². The Kier molecular flexibility index (Phi) is 2.36. The molecule has 70 valence electrons. The zero-order valence-corrected chi connectivity index (χ0v) is 7.50. The number of nitrogens with zero attached hydrogens (tertiary/aromatic N) is 3. The number of carbonyl (C=O) groups excluding carboxylic acids is 1. The predicted octanol–water partition coefficient (Wildman–Crippen LogP) is 1.16. The number of aromatic nitrogens is 3. The van der Waals surface area contributed by atoms with Gasteiger partial charge in [-0.2, -0.15) is 0 Å². The molecule has 0 aromatic carbocycles. The highest BCUT2D eigenvalue weighted by molar-refractivity contribution is 5.95. The molecule has 0 unspecified atom stereocenters. The van der Waals surface area contributed by atoms with Gasteiger partial charge in [0.25, 0.3) is 0 Å². The van der Waals surface area contributed by atoms with Gasteiger partial charge in [-0.05, 0) is 12.1 Å². The molecule has 2 aromatic rings. The fourth-order valence-electron chi connectivity index (χ4n) is 1.18. The van der Waals surface area contributed by atoms with E-state index in [1.54, 1.807) is 47.8 Å². The Morgan fingerprint density at radius 2 is 2.00 bits per heavy atom. The van der Waals surface area contributed by atoms with Crippen molar-refractivity contribution in [2.45, 2.75) is 6.54 Å². The summed E-state index contributed by atoms with van der Waals surface area (Å²) < 4.78 is 1.74. The van der Waals surface area contributed by atoms with Gasteiger partial charge in [0.2, 0.25) is 0 Å². The van der Waals surface area contributed by atoms with Crippen LogP contribution in [0, 0.1) is 0 Å². The standard InChI is InChI=1S/C10H9N3O/c14-10(7-13-6-5-12-8-13)9-1-3-11-4-2-9/h1-6,8H,7H2. The van der Waals surface area contributed by atoms with Crippen molar-refractivity contribution in [2.24, 2.45) is 0 Å². The summed E-state index contributed by atoms with van der Waals surface area (Å²) in [6, 6.07) is 3.42. The number of Topliss-reactive ketones (excluding diaryl/α,β-unsaturated/α-hetero) is 1. The Morgan fingerprint density at radius 3 is 2.64 bits per heavy atom. The van der Waals surface area contributed by atoms with Crippen LogP contribution >= 0.6 is 0 Å². The van der Waals surface area contributed by atoms with E-state index in [2.05, 4.69) is 9.97 Å². The highest BCUT2D eigenvalue weighted by Crippen LogP contribution is 2.00. The topological polar surface area (TPSA) is 47.8 Å². The number of imidazole rings is 1. The molecular weight excluding hydrogens is 178 g/mol. The van der Waals surface area contributed by atoms with E-state index < -0.39 is 0 Å². The maximum absolute atomic E-state index is 11.6. The van der Waals surface area contributed by atoms with Gasteiger partial charge >= 0.3 is 0 Å². The lowest BCUT2D eigenvalue weighted by molar-refractivity contribution is 0.0972. The fraction of sp³-hybridized carbons (Fsp3) is 0.100. The molecule has 0 amide bonds. The van der Waals surface area contributed by atoms with Crippen molar-refractivity contribution in [1.29, 1.82) is 0 Å². The van der Waals surface area contributed by atoms with Crippen molar-refractivity contribution in [3.8, 4) is 0 Å². The quantitative estimate of drug-likeness (QED) is 0.677. The highest BCUT2D eigenvalue weighted by atomic mass is 16.1. The van der Waals surface area contributed by atoms with Gasteiger partial charge in [-0.1, -0.05) is 0 Å². The first-order valence-electron chi connectivity index (χ1n) is 4.25. The Balaban J connectivity index is 2.11. The molecule has 0 aliphatic heterocycles. The van der Waals surface area contributed by atoms with E-state index in [9.17, 15) is 4.79 Å². The zero-order valence-electron chi connectivity index (χ0n) is 7.50. The van der Waals surface area contributed by atoms with Gasteiger partial charge in [0.05, 0.1) is 12.9 Å². The molecule has 0 N–H and O–H groups in total. The lowest BCUT2D eigenvalue weighted by Gasteiger charge is -2.00. The van der Waals surface area contributed by atoms with E-state index in [0.29, 0.717) is 12.1 Å². The lowest BCUT2D eigenvalue weighted by atomic mass is 10.2. The van der Waals surface area contributed by atoms with Crippen LogP contribution < -0.4 is 0 Å². The van der Waals surface area contributed by atoms with E-state index in [-0.39, 0.29) is 5.78 Å². The molecule has 0 radical (unpaired) electrons. The Hall–Kier alpha value is -1.97. The molecule has 0 spiro atoms. The van der Waals surface area contributed by atoms with Crippen molar-refractivity contribution < 1.29 is 4.79 Å². The average Bonchev–Trinajstić information content (AvgIpc) is 2.72. The van der Waals surface area contributed by atoms with Crippen molar-refractivity contribution >= 4 is 5.78 Å². The predicted molar refractivity (Wildman–Crippen MR) is 50.8 cm³/mol. The number of pyridine rings is 1. The van der Waals surface area contributed by atoms with E-state index >= 15 is 0 Å². The van der Waals surface area contributed by atoms with Crippen LogP contribution in [0.1, 0.15) is 10.4 Å². The molecule has 2 aromatic heterocycles. The van der Waals surface area contributed by atoms with Crippen LogP contribution in [0.25, 0.3) is 0 Å². The first-order chi connectivity index (χ1) is 6.86. The third-order valence-corrected chi connectivity index (χ3v) is 1.89. The molecule has 0 saturated carbocycles. The smallest absolute Gasteiger partial charge is 0.182 e. The van der Waals surface area contributed by atoms with E-state index in [4.69, 9.17) is 0 Å². The van der Waals surface area contributed by atoms with Crippen LogP contribution in [-0.2, 0) is 6.54 Å². The second kappa shape index (κ2) is 3.83. The van der Waals surface area contributed by atoms with Crippen LogP contribution in [0.5, 0.6) is 0 Å². The molecule has 2 rings (SSSR count). The van der Waals surface area contributed by atoms with Crippen LogP contribution in [0.15, 0.2) is 43.2 Å². The summed E-state index contributed by atoms with van der Waals surface area (Å²) in [6.07, 6.45) is 8.26. The summed E-state index contributed by atoms with van der Waals surface area (Å²) in [5.41, 5.74) is 0.675. The third kappa shape index (κ3) is 1.85. The molecule has 0 bridgehead atoms. The molecule has 14 heavy (non-hydrogen) atoms. The van der Waals surface area contributed by atoms with Crippen molar-refractivity contribution in [3.05, 3.63) is 48.8 Å². The molecule has 4 nitrogen and oxygen atoms in total. The van der Waals surface area contributed by atoms with Crippen molar-refractivity contribution in [2.75, 3.05) is 0 Å². The van der Waals surface area contributed by atoms with Crippen LogP contribution in [0.4, 0.5) is 0 Å². The second-order valence-corrected chi connectivity index (χ2v) is 2.89. The van der Waals surface area contributed by atoms with Crippen LogP contribution in [0.3, 0.4) is 0 Å². The minimum Gasteiger partial charge on any atom is -0.330 e. The summed E-state index contributed by atoms with van der Waals surface area (Å²) >= 11 is 0. The van der Waals surface area contributed by atoms with Gasteiger partial charge in [-0.3, -0.25) is 9.78 Å². The number of ketones is 1. The number of carbonyl (C=O) groups is 1. The highest BCUT2D eigenvalue weighted by Gasteiger charge is 2.04. The van der Waals surface area contributed by atoms with Gasteiger partial charge in [0.1, 0.15) is 0 Å². The van der Waals surface area contributed by atoms with Gasteiger partial charge in [0.15, 0.2) is 5.78 Å². The summed E-state index contributed by atoms with van der Waals surface area (Å²) in [6.45, 7) is 0.323. The first-order valence-corrected chi connectivity index (χ1v) is 4.25. The summed E-state index contributed by atoms with van der Waals surface area (Å²) in [5, 5.41) is 0. The lowest BCUT2D eigenvalue weighted by Crippen LogP contribution is -2.08. The molecule has 0 aliphatic carbocycles. The molecule has 0 saturated heterocycles. The molecule has 0 fully saturated rings. The second-order valence-electron chi connectivity index (χ2n) is 2.89. The van der Waals surface area contributed by atoms with Gasteiger partial charge in [-0.25, -0.2) is 4.98 Å². The summed E-state index contributed by atoms with van der Waals surface area (Å²) in [7, 11) is 0. The van der Waals surface area contributed by atoms with Gasteiger partial charge < -0.3 is 4.57 Å². The summed E-state index contributed by atoms with van der Waals surface area (Å²) in [5.74, 6) is 0.0606. The Labute approximate surface area is 81.2 Å². The fourth-order valence-corrected chi connectivity index (χ4v) is 1.18. The van der Waals surface area contributed by atoms with Gasteiger partial charge in [-0.15, -0.1) is 0 Å². The van der Waals surface area contributed by atoms with Crippen LogP contribution in [-0.4, -0.2) is 20.3 Å². The molecule has 4 heteroatoms. The third-order valence-electron chi connectivity index (χ3n) is 1.89. The maximum atomic E-state index is 11.6. The maximum Gasteiger partial charge on any atom is 0.182 e. The van der Waals surface area contributed by atoms with Crippen molar-refractivity contribution in [1.82, 2.24) is 14.5 Å². The molecular formula is C10H9N3O. The minimum atomic E-state index is 0.0606. The zero-order chi connectivity index (χ0) is 9.80. The van der Waals surface area contributed by atoms with E-state index in [1.165, 1.54) is 0 Å². The normalized spacial score (nSPS) is 10.0. The van der Waals surface area contributed by atoms with Gasteiger partial charge in [0, 0.05) is 30.4 Å². The Morgan fingerprint density at radius 1 is 1.21 bits per heavy atom. The largest absolute Gasteiger partial charge is 0.330 e. The molecule has 0 aliphatic rings. The van der Waals surface area contributed by atoms with Crippen molar-refractivity contribution in [3.63, 3.8) is 0 Å². The molecule has 0 atom stereocenters. The summed E-state index contributed by atoms with van der Waals surface area (Å²) in [4.78, 5) is 19.4. The number of hydrogen-bond donors (Lipinski definition) is 0. The number of rotatable bonds is 3.